The van der Waals surface area contributed by atoms with Crippen LogP contribution >= 0.6 is 0 Å². The molecular formula is C14H24N2O. The van der Waals surface area contributed by atoms with Crippen LogP contribution in [0.4, 0.5) is 0 Å². The SMILES string of the molecule is CC=CC=CC(=O)N(C)C1CCCCC1CN. The Labute approximate surface area is 104 Å². The number of carbonyl (C=O) groups excluding carboxylic acids is 1. The summed E-state index contributed by atoms with van der Waals surface area (Å²) < 4.78 is 0. The predicted octanol–water partition coefficient (Wildman–Crippen LogP) is 2.09. The van der Waals surface area contributed by atoms with Crippen LogP contribution in [-0.4, -0.2) is 30.4 Å². The first-order valence-corrected chi connectivity index (χ1v) is 6.47. The Morgan fingerprint density at radius 1 is 1.35 bits per heavy atom. The summed E-state index contributed by atoms with van der Waals surface area (Å²) in [5, 5.41) is 0. The zero-order chi connectivity index (χ0) is 12.7. The Kier molecular flexibility index (Phi) is 5.98. The second-order valence-electron chi connectivity index (χ2n) is 4.68. The van der Waals surface area contributed by atoms with Crippen molar-refractivity contribution in [3.05, 3.63) is 24.3 Å². The number of hydrogen-bond acceptors (Lipinski definition) is 2. The summed E-state index contributed by atoms with van der Waals surface area (Å²) in [4.78, 5) is 13.8. The van der Waals surface area contributed by atoms with E-state index >= 15 is 0 Å². The highest BCUT2D eigenvalue weighted by Crippen LogP contribution is 2.27. The van der Waals surface area contributed by atoms with Crippen LogP contribution in [0.2, 0.25) is 0 Å². The third-order valence-electron chi connectivity index (χ3n) is 3.56. The molecule has 3 nitrogen and oxygen atoms in total. The largest absolute Gasteiger partial charge is 0.339 e. The van der Waals surface area contributed by atoms with Gasteiger partial charge in [-0.25, -0.2) is 0 Å². The second kappa shape index (κ2) is 7.28. The number of nitrogens with zero attached hydrogens (tertiary/aromatic N) is 1. The van der Waals surface area contributed by atoms with E-state index in [-0.39, 0.29) is 5.91 Å². The quantitative estimate of drug-likeness (QED) is 0.600. The molecule has 2 unspecified atom stereocenters. The van der Waals surface area contributed by atoms with Crippen molar-refractivity contribution >= 4 is 5.91 Å². The predicted molar refractivity (Wildman–Crippen MR) is 71.5 cm³/mol. The molecule has 0 heterocycles. The second-order valence-corrected chi connectivity index (χ2v) is 4.68. The van der Waals surface area contributed by atoms with Crippen molar-refractivity contribution in [3.8, 4) is 0 Å². The van der Waals surface area contributed by atoms with Crippen molar-refractivity contribution in [2.45, 2.75) is 38.6 Å². The molecule has 0 saturated heterocycles. The molecule has 0 aliphatic heterocycles. The smallest absolute Gasteiger partial charge is 0.246 e. The highest BCUT2D eigenvalue weighted by atomic mass is 16.2. The van der Waals surface area contributed by atoms with Gasteiger partial charge in [0.1, 0.15) is 0 Å². The molecule has 0 aromatic carbocycles. The van der Waals surface area contributed by atoms with Gasteiger partial charge in [-0.2, -0.15) is 0 Å². The van der Waals surface area contributed by atoms with E-state index in [2.05, 4.69) is 0 Å². The van der Waals surface area contributed by atoms with Crippen LogP contribution in [0.15, 0.2) is 24.3 Å². The first kappa shape index (κ1) is 14.0. The first-order chi connectivity index (χ1) is 8.20. The lowest BCUT2D eigenvalue weighted by Crippen LogP contribution is -2.45. The molecule has 0 aromatic rings. The van der Waals surface area contributed by atoms with Gasteiger partial charge in [0, 0.05) is 19.2 Å². The summed E-state index contributed by atoms with van der Waals surface area (Å²) in [6.45, 7) is 2.62. The number of allylic oxidation sites excluding steroid dienone is 3. The van der Waals surface area contributed by atoms with Gasteiger partial charge in [0.25, 0.3) is 0 Å². The molecule has 1 amide bonds. The maximum atomic E-state index is 11.9. The lowest BCUT2D eigenvalue weighted by Gasteiger charge is -2.37. The van der Waals surface area contributed by atoms with E-state index in [4.69, 9.17) is 5.73 Å². The van der Waals surface area contributed by atoms with Crippen molar-refractivity contribution in [1.29, 1.82) is 0 Å². The summed E-state index contributed by atoms with van der Waals surface area (Å²) >= 11 is 0. The average Bonchev–Trinajstić information content (AvgIpc) is 2.38. The number of rotatable bonds is 4. The van der Waals surface area contributed by atoms with E-state index in [0.29, 0.717) is 18.5 Å². The molecule has 0 spiro atoms. The number of amides is 1. The van der Waals surface area contributed by atoms with Gasteiger partial charge in [-0.3, -0.25) is 4.79 Å². The fraction of sp³-hybridized carbons (Fsp3) is 0.643. The molecule has 0 radical (unpaired) electrons. The van der Waals surface area contributed by atoms with Crippen LogP contribution in [0.5, 0.6) is 0 Å². The maximum Gasteiger partial charge on any atom is 0.246 e. The van der Waals surface area contributed by atoms with Crippen molar-refractivity contribution in [1.82, 2.24) is 4.90 Å². The molecule has 2 N–H and O–H groups in total. The van der Waals surface area contributed by atoms with Crippen LogP contribution in [0.25, 0.3) is 0 Å². The van der Waals surface area contributed by atoms with Gasteiger partial charge in [-0.15, -0.1) is 0 Å². The Bertz CT molecular complexity index is 297. The fourth-order valence-corrected chi connectivity index (χ4v) is 2.50. The highest BCUT2D eigenvalue weighted by Gasteiger charge is 2.28. The standard InChI is InChI=1S/C14H24N2O/c1-3-4-5-10-14(17)16(2)13-9-7-6-8-12(13)11-15/h3-5,10,12-13H,6-9,11,15H2,1-2H3. The Morgan fingerprint density at radius 2 is 2.06 bits per heavy atom. The molecule has 1 saturated carbocycles. The van der Waals surface area contributed by atoms with E-state index in [0.717, 1.165) is 12.8 Å². The van der Waals surface area contributed by atoms with Gasteiger partial charge >= 0.3 is 0 Å². The van der Waals surface area contributed by atoms with E-state index in [1.807, 2.05) is 31.0 Å². The Hall–Kier alpha value is -1.09. The minimum atomic E-state index is 0.0773. The number of likely N-dealkylation sites (N-methyl/N-ethyl adjacent to an activating group) is 1. The van der Waals surface area contributed by atoms with Gasteiger partial charge in [0.2, 0.25) is 5.91 Å². The van der Waals surface area contributed by atoms with Crippen LogP contribution in [0, 0.1) is 5.92 Å². The molecule has 1 aliphatic rings. The van der Waals surface area contributed by atoms with Crippen LogP contribution in [0.3, 0.4) is 0 Å². The Balaban J connectivity index is 2.60. The van der Waals surface area contributed by atoms with Gasteiger partial charge in [0.15, 0.2) is 0 Å². The van der Waals surface area contributed by atoms with Gasteiger partial charge in [-0.05, 0) is 32.2 Å². The van der Waals surface area contributed by atoms with Gasteiger partial charge in [0.05, 0.1) is 0 Å². The van der Waals surface area contributed by atoms with E-state index in [1.165, 1.54) is 12.8 Å². The topological polar surface area (TPSA) is 46.3 Å². The Morgan fingerprint density at radius 3 is 2.71 bits per heavy atom. The summed E-state index contributed by atoms with van der Waals surface area (Å²) in [6, 6.07) is 0.316. The van der Waals surface area contributed by atoms with Gasteiger partial charge in [-0.1, -0.05) is 31.1 Å². The monoisotopic (exact) mass is 236 g/mol. The molecule has 1 aliphatic carbocycles. The summed E-state index contributed by atoms with van der Waals surface area (Å²) in [7, 11) is 1.89. The van der Waals surface area contributed by atoms with Crippen molar-refractivity contribution < 1.29 is 4.79 Å². The third kappa shape index (κ3) is 4.00. The highest BCUT2D eigenvalue weighted by molar-refractivity contribution is 5.87. The minimum absolute atomic E-state index is 0.0773. The molecule has 2 atom stereocenters. The first-order valence-electron chi connectivity index (χ1n) is 6.47. The molecule has 96 valence electrons. The van der Waals surface area contributed by atoms with Crippen molar-refractivity contribution in [2.24, 2.45) is 11.7 Å². The summed E-state index contributed by atoms with van der Waals surface area (Å²) in [5.41, 5.74) is 5.79. The minimum Gasteiger partial charge on any atom is -0.339 e. The lowest BCUT2D eigenvalue weighted by atomic mass is 9.83. The van der Waals surface area contributed by atoms with E-state index in [1.54, 1.807) is 12.2 Å². The molecule has 0 bridgehead atoms. The van der Waals surface area contributed by atoms with E-state index < -0.39 is 0 Å². The van der Waals surface area contributed by atoms with Crippen LogP contribution < -0.4 is 5.73 Å². The van der Waals surface area contributed by atoms with Crippen molar-refractivity contribution in [2.75, 3.05) is 13.6 Å². The lowest BCUT2D eigenvalue weighted by molar-refractivity contribution is -0.128. The van der Waals surface area contributed by atoms with Crippen LogP contribution in [0.1, 0.15) is 32.6 Å². The molecule has 17 heavy (non-hydrogen) atoms. The van der Waals surface area contributed by atoms with Crippen molar-refractivity contribution in [3.63, 3.8) is 0 Å². The summed E-state index contributed by atoms with van der Waals surface area (Å²) in [6.07, 6.45) is 11.9. The number of nitrogens with two attached hydrogens (primary N) is 1. The maximum absolute atomic E-state index is 11.9. The molecule has 1 fully saturated rings. The average molecular weight is 236 g/mol. The van der Waals surface area contributed by atoms with Crippen LogP contribution in [-0.2, 0) is 4.79 Å². The molecular weight excluding hydrogens is 212 g/mol. The molecule has 1 rings (SSSR count). The van der Waals surface area contributed by atoms with Gasteiger partial charge < -0.3 is 10.6 Å². The zero-order valence-electron chi connectivity index (χ0n) is 10.9. The number of carbonyl (C=O) groups is 1. The third-order valence-corrected chi connectivity index (χ3v) is 3.56. The number of hydrogen-bond donors (Lipinski definition) is 1. The zero-order valence-corrected chi connectivity index (χ0v) is 10.9. The van der Waals surface area contributed by atoms with E-state index in [9.17, 15) is 4.79 Å². The fourth-order valence-electron chi connectivity index (χ4n) is 2.50. The molecule has 3 heteroatoms. The summed E-state index contributed by atoms with van der Waals surface area (Å²) in [5.74, 6) is 0.543. The normalized spacial score (nSPS) is 25.6. The molecule has 0 aromatic heterocycles.